The molecule has 1 aliphatic heterocycles. The molecule has 2 unspecified atom stereocenters. The van der Waals surface area contributed by atoms with Crippen LogP contribution in [0.4, 0.5) is 13.2 Å². The average Bonchev–Trinajstić information content (AvgIpc) is 2.47. The molecule has 1 aromatic rings. The van der Waals surface area contributed by atoms with Crippen LogP contribution in [0.1, 0.15) is 36.5 Å². The van der Waals surface area contributed by atoms with Gasteiger partial charge in [0, 0.05) is 19.7 Å². The molecule has 0 bridgehead atoms. The van der Waals surface area contributed by atoms with Crippen LogP contribution in [0, 0.1) is 0 Å². The number of aliphatic hydroxyl groups is 1. The second-order valence-electron chi connectivity index (χ2n) is 5.28. The molecular weight excluding hydrogens is 283 g/mol. The third-order valence-electron chi connectivity index (χ3n) is 3.61. The first-order valence-electron chi connectivity index (χ1n) is 7.14. The van der Waals surface area contributed by atoms with Gasteiger partial charge in [-0.15, -0.1) is 0 Å². The summed E-state index contributed by atoms with van der Waals surface area (Å²) in [6, 6.07) is 4.60. The van der Waals surface area contributed by atoms with Crippen LogP contribution in [0.3, 0.4) is 0 Å². The van der Waals surface area contributed by atoms with E-state index in [1.165, 1.54) is 12.1 Å². The summed E-state index contributed by atoms with van der Waals surface area (Å²) in [4.78, 5) is 0. The highest BCUT2D eigenvalue weighted by Gasteiger charge is 2.30. The molecule has 0 spiro atoms. The van der Waals surface area contributed by atoms with Crippen molar-refractivity contribution in [3.8, 4) is 0 Å². The van der Waals surface area contributed by atoms with Crippen molar-refractivity contribution in [1.29, 1.82) is 0 Å². The van der Waals surface area contributed by atoms with Gasteiger partial charge in [0.25, 0.3) is 0 Å². The molecule has 1 fully saturated rings. The zero-order valence-corrected chi connectivity index (χ0v) is 11.7. The Hall–Kier alpha value is -1.11. The first-order valence-corrected chi connectivity index (χ1v) is 7.14. The molecule has 2 N–H and O–H groups in total. The Morgan fingerprint density at radius 3 is 2.52 bits per heavy atom. The summed E-state index contributed by atoms with van der Waals surface area (Å²) in [5.74, 6) is 0. The molecule has 21 heavy (non-hydrogen) atoms. The summed E-state index contributed by atoms with van der Waals surface area (Å²) in [5.41, 5.74) is -0.234. The molecule has 0 aromatic heterocycles. The smallest absolute Gasteiger partial charge is 0.387 e. The molecule has 0 aliphatic carbocycles. The fraction of sp³-hybridized carbons (Fsp3) is 0.600. The van der Waals surface area contributed by atoms with Crippen molar-refractivity contribution >= 4 is 0 Å². The Bertz CT molecular complexity index is 428. The largest absolute Gasteiger partial charge is 0.416 e. The van der Waals surface area contributed by atoms with Gasteiger partial charge >= 0.3 is 6.18 Å². The average molecular weight is 303 g/mol. The fourth-order valence-corrected chi connectivity index (χ4v) is 2.36. The van der Waals surface area contributed by atoms with Crippen molar-refractivity contribution in [1.82, 2.24) is 5.32 Å². The molecule has 0 radical (unpaired) electrons. The summed E-state index contributed by atoms with van der Waals surface area (Å²) in [7, 11) is 0. The number of rotatable bonds is 5. The normalized spacial score (nSPS) is 21.2. The number of hydrogen-bond donors (Lipinski definition) is 2. The molecule has 1 aliphatic rings. The monoisotopic (exact) mass is 303 g/mol. The number of halogens is 3. The van der Waals surface area contributed by atoms with Gasteiger partial charge in [-0.3, -0.25) is 0 Å². The summed E-state index contributed by atoms with van der Waals surface area (Å²) in [6.45, 7) is 1.72. The number of alkyl halides is 3. The maximum atomic E-state index is 12.4. The van der Waals surface area contributed by atoms with E-state index in [2.05, 4.69) is 5.32 Å². The zero-order chi connectivity index (χ0) is 15.3. The number of ether oxygens (including phenoxy) is 1. The van der Waals surface area contributed by atoms with Crippen molar-refractivity contribution in [3.05, 3.63) is 35.4 Å². The molecule has 0 saturated carbocycles. The van der Waals surface area contributed by atoms with Crippen molar-refractivity contribution in [2.24, 2.45) is 0 Å². The van der Waals surface area contributed by atoms with Crippen LogP contribution in [0.15, 0.2) is 24.3 Å². The fourth-order valence-electron chi connectivity index (χ4n) is 2.36. The maximum Gasteiger partial charge on any atom is 0.416 e. The third kappa shape index (κ3) is 4.98. The number of aliphatic hydroxyl groups excluding tert-OH is 1. The standard InChI is InChI=1S/C15H20F3NO2/c16-15(17,18)12-6-4-11(5-7-12)14(20)10-19-9-13-3-1-2-8-21-13/h4-7,13-14,19-20H,1-3,8-10H2. The van der Waals surface area contributed by atoms with Gasteiger partial charge in [-0.2, -0.15) is 13.2 Å². The zero-order valence-electron chi connectivity index (χ0n) is 11.7. The van der Waals surface area contributed by atoms with Crippen molar-refractivity contribution in [2.45, 2.75) is 37.6 Å². The minimum absolute atomic E-state index is 0.165. The van der Waals surface area contributed by atoms with Crippen LogP contribution in [0.5, 0.6) is 0 Å². The minimum Gasteiger partial charge on any atom is -0.387 e. The van der Waals surface area contributed by atoms with Crippen LogP contribution in [-0.4, -0.2) is 30.9 Å². The van der Waals surface area contributed by atoms with Gasteiger partial charge in [0.05, 0.1) is 17.8 Å². The molecule has 6 heteroatoms. The third-order valence-corrected chi connectivity index (χ3v) is 3.61. The van der Waals surface area contributed by atoms with Crippen LogP contribution in [0.2, 0.25) is 0 Å². The van der Waals surface area contributed by atoms with E-state index in [1.54, 1.807) is 0 Å². The predicted octanol–water partition coefficient (Wildman–Crippen LogP) is 2.90. The molecule has 118 valence electrons. The second kappa shape index (κ2) is 7.24. The number of hydrogen-bond acceptors (Lipinski definition) is 3. The van der Waals surface area contributed by atoms with Crippen LogP contribution in [0.25, 0.3) is 0 Å². The van der Waals surface area contributed by atoms with Crippen molar-refractivity contribution < 1.29 is 23.0 Å². The highest BCUT2D eigenvalue weighted by atomic mass is 19.4. The van der Waals surface area contributed by atoms with E-state index >= 15 is 0 Å². The quantitative estimate of drug-likeness (QED) is 0.879. The summed E-state index contributed by atoms with van der Waals surface area (Å²) in [6.07, 6.45) is -1.77. The Kier molecular flexibility index (Phi) is 5.61. The first kappa shape index (κ1) is 16.3. The molecule has 2 rings (SSSR count). The van der Waals surface area contributed by atoms with Crippen LogP contribution < -0.4 is 5.32 Å². The number of benzene rings is 1. The molecule has 1 heterocycles. The highest BCUT2D eigenvalue weighted by molar-refractivity contribution is 5.26. The van der Waals surface area contributed by atoms with Crippen LogP contribution in [-0.2, 0) is 10.9 Å². The lowest BCUT2D eigenvalue weighted by Crippen LogP contribution is -2.34. The van der Waals surface area contributed by atoms with Gasteiger partial charge in [-0.05, 0) is 37.0 Å². The second-order valence-corrected chi connectivity index (χ2v) is 5.28. The Balaban J connectivity index is 1.78. The van der Waals surface area contributed by atoms with E-state index in [0.717, 1.165) is 38.0 Å². The summed E-state index contributed by atoms with van der Waals surface area (Å²) >= 11 is 0. The lowest BCUT2D eigenvalue weighted by atomic mass is 10.1. The molecule has 0 amide bonds. The van der Waals surface area contributed by atoms with Gasteiger partial charge < -0.3 is 15.2 Å². The van der Waals surface area contributed by atoms with Crippen molar-refractivity contribution in [2.75, 3.05) is 19.7 Å². The molecule has 2 atom stereocenters. The number of nitrogens with one attached hydrogen (secondary N) is 1. The summed E-state index contributed by atoms with van der Waals surface area (Å²) in [5, 5.41) is 13.1. The van der Waals surface area contributed by atoms with Crippen molar-refractivity contribution in [3.63, 3.8) is 0 Å². The SMILES string of the molecule is OC(CNCC1CCCCO1)c1ccc(C(F)(F)F)cc1. The lowest BCUT2D eigenvalue weighted by molar-refractivity contribution is -0.137. The summed E-state index contributed by atoms with van der Waals surface area (Å²) < 4.78 is 42.9. The van der Waals surface area contributed by atoms with Gasteiger partial charge in [0.2, 0.25) is 0 Å². The molecular formula is C15H20F3NO2. The topological polar surface area (TPSA) is 41.5 Å². The van der Waals surface area contributed by atoms with E-state index < -0.39 is 17.8 Å². The van der Waals surface area contributed by atoms with E-state index in [4.69, 9.17) is 4.74 Å². The van der Waals surface area contributed by atoms with E-state index in [0.29, 0.717) is 18.7 Å². The maximum absolute atomic E-state index is 12.4. The van der Waals surface area contributed by atoms with Crippen LogP contribution >= 0.6 is 0 Å². The highest BCUT2D eigenvalue weighted by Crippen LogP contribution is 2.29. The predicted molar refractivity (Wildman–Crippen MR) is 72.9 cm³/mol. The lowest BCUT2D eigenvalue weighted by Gasteiger charge is -2.23. The first-order chi connectivity index (χ1) is 9.97. The minimum atomic E-state index is -4.35. The molecule has 1 aromatic carbocycles. The van der Waals surface area contributed by atoms with Gasteiger partial charge in [-0.1, -0.05) is 12.1 Å². The van der Waals surface area contributed by atoms with E-state index in [1.807, 2.05) is 0 Å². The molecule has 1 saturated heterocycles. The molecule has 3 nitrogen and oxygen atoms in total. The van der Waals surface area contributed by atoms with Gasteiger partial charge in [0.15, 0.2) is 0 Å². The van der Waals surface area contributed by atoms with Gasteiger partial charge in [-0.25, -0.2) is 0 Å². The Morgan fingerprint density at radius 2 is 1.95 bits per heavy atom. The van der Waals surface area contributed by atoms with E-state index in [-0.39, 0.29) is 6.10 Å². The Morgan fingerprint density at radius 1 is 1.24 bits per heavy atom. The van der Waals surface area contributed by atoms with Gasteiger partial charge in [0.1, 0.15) is 0 Å². The van der Waals surface area contributed by atoms with E-state index in [9.17, 15) is 18.3 Å². The Labute approximate surface area is 122 Å².